The van der Waals surface area contributed by atoms with Crippen LogP contribution in [0, 0.1) is 0 Å². The lowest BCUT2D eigenvalue weighted by atomic mass is 10.1. The first-order valence-electron chi connectivity index (χ1n) is 10.6. The van der Waals surface area contributed by atoms with E-state index < -0.39 is 9.84 Å². The summed E-state index contributed by atoms with van der Waals surface area (Å²) >= 11 is 0. The van der Waals surface area contributed by atoms with Gasteiger partial charge >= 0.3 is 0 Å². The molecule has 9 heteroatoms. The zero-order chi connectivity index (χ0) is 23.2. The number of sulfone groups is 1. The molecule has 8 nitrogen and oxygen atoms in total. The van der Waals surface area contributed by atoms with Crippen LogP contribution in [0.5, 0.6) is 0 Å². The van der Waals surface area contributed by atoms with Crippen molar-refractivity contribution in [1.82, 2.24) is 19.4 Å². The van der Waals surface area contributed by atoms with E-state index in [0.29, 0.717) is 35.5 Å². The summed E-state index contributed by atoms with van der Waals surface area (Å²) in [5.74, 6) is 0.196. The second kappa shape index (κ2) is 8.09. The number of benzene rings is 2. The minimum Gasteiger partial charge on any atom is -0.337 e. The Hall–Kier alpha value is -3.56. The molecule has 2 N–H and O–H groups in total. The van der Waals surface area contributed by atoms with Crippen molar-refractivity contribution in [3.63, 3.8) is 0 Å². The maximum Gasteiger partial charge on any atom is 0.253 e. The zero-order valence-corrected chi connectivity index (χ0v) is 18.9. The molecule has 3 heterocycles. The molecular formula is C24H23N5O3S. The van der Waals surface area contributed by atoms with Gasteiger partial charge in [0.15, 0.2) is 9.84 Å². The number of likely N-dealkylation sites (tertiary alicyclic amines) is 1. The van der Waals surface area contributed by atoms with Gasteiger partial charge in [-0.15, -0.1) is 0 Å². The maximum atomic E-state index is 13.0. The molecule has 1 amide bonds. The van der Waals surface area contributed by atoms with Crippen molar-refractivity contribution < 1.29 is 13.2 Å². The van der Waals surface area contributed by atoms with E-state index in [1.807, 2.05) is 30.3 Å². The van der Waals surface area contributed by atoms with Crippen molar-refractivity contribution in [2.75, 3.05) is 19.3 Å². The normalized spacial score (nSPS) is 16.4. The van der Waals surface area contributed by atoms with Crippen LogP contribution in [0.15, 0.2) is 72.0 Å². The molecule has 2 aromatic carbocycles. The average molecular weight is 462 g/mol. The van der Waals surface area contributed by atoms with Gasteiger partial charge in [-0.05, 0) is 24.1 Å². The van der Waals surface area contributed by atoms with Crippen molar-refractivity contribution in [3.05, 3.63) is 72.7 Å². The quantitative estimate of drug-likeness (QED) is 0.500. The van der Waals surface area contributed by atoms with E-state index in [1.54, 1.807) is 40.1 Å². The molecule has 1 saturated heterocycles. The molecule has 0 aliphatic carbocycles. The molecule has 0 radical (unpaired) electrons. The molecule has 1 unspecified atom stereocenters. The lowest BCUT2D eigenvalue weighted by Crippen LogP contribution is -2.31. The Morgan fingerprint density at radius 1 is 1.06 bits per heavy atom. The molecule has 5 rings (SSSR count). The van der Waals surface area contributed by atoms with Crippen molar-refractivity contribution in [1.29, 1.82) is 0 Å². The molecule has 1 aliphatic rings. The summed E-state index contributed by atoms with van der Waals surface area (Å²) < 4.78 is 26.5. The predicted octanol–water partition coefficient (Wildman–Crippen LogP) is 2.66. The van der Waals surface area contributed by atoms with Crippen LogP contribution in [0.3, 0.4) is 0 Å². The number of hydrogen-bond donors (Lipinski definition) is 1. The standard InChI is InChI=1S/C24H23N5O3S/c1-33(31,32)22-15-29(24-26-12-18(13-27-24)16-5-3-2-4-6-16)21-11-17(7-8-20(21)22)23(30)28-10-9-19(25)14-28/h2-8,11-13,15,19H,9-10,14,25H2,1H3. The molecule has 0 bridgehead atoms. The van der Waals surface area contributed by atoms with Gasteiger partial charge < -0.3 is 10.6 Å². The van der Waals surface area contributed by atoms with Gasteiger partial charge in [-0.1, -0.05) is 36.4 Å². The van der Waals surface area contributed by atoms with Crippen LogP contribution in [0.2, 0.25) is 0 Å². The lowest BCUT2D eigenvalue weighted by Gasteiger charge is -2.16. The molecule has 1 fully saturated rings. The predicted molar refractivity (Wildman–Crippen MR) is 126 cm³/mol. The summed E-state index contributed by atoms with van der Waals surface area (Å²) in [5, 5.41) is 0.517. The fourth-order valence-corrected chi connectivity index (χ4v) is 5.04. The maximum absolute atomic E-state index is 13.0. The fourth-order valence-electron chi connectivity index (χ4n) is 4.17. The van der Waals surface area contributed by atoms with Crippen LogP contribution in [-0.4, -0.2) is 59.1 Å². The SMILES string of the molecule is CS(=O)(=O)c1cn(-c2ncc(-c3ccccc3)cn2)c2cc(C(=O)N3CCC(N)C3)ccc12. The molecule has 0 spiro atoms. The Morgan fingerprint density at radius 3 is 2.42 bits per heavy atom. The third-order valence-electron chi connectivity index (χ3n) is 5.89. The first-order chi connectivity index (χ1) is 15.8. The van der Waals surface area contributed by atoms with Gasteiger partial charge in [0, 0.05) is 60.5 Å². The average Bonchev–Trinajstić information content (AvgIpc) is 3.42. The van der Waals surface area contributed by atoms with Gasteiger partial charge in [0.05, 0.1) is 10.4 Å². The summed E-state index contributed by atoms with van der Waals surface area (Å²) in [6.45, 7) is 1.12. The number of carbonyl (C=O) groups excluding carboxylic acids is 1. The molecule has 2 aromatic heterocycles. The summed E-state index contributed by atoms with van der Waals surface area (Å²) in [6.07, 6.45) is 6.84. The van der Waals surface area contributed by atoms with E-state index >= 15 is 0 Å². The van der Waals surface area contributed by atoms with Crippen LogP contribution in [0.4, 0.5) is 0 Å². The van der Waals surface area contributed by atoms with E-state index in [0.717, 1.165) is 23.8 Å². The fraction of sp³-hybridized carbons (Fsp3) is 0.208. The van der Waals surface area contributed by atoms with Crippen molar-refractivity contribution in [2.45, 2.75) is 17.4 Å². The lowest BCUT2D eigenvalue weighted by molar-refractivity contribution is 0.0791. The Bertz CT molecular complexity index is 1450. The first kappa shape index (κ1) is 21.3. The smallest absolute Gasteiger partial charge is 0.253 e. The van der Waals surface area contributed by atoms with E-state index in [4.69, 9.17) is 5.73 Å². The van der Waals surface area contributed by atoms with Crippen molar-refractivity contribution in [3.8, 4) is 17.1 Å². The topological polar surface area (TPSA) is 111 Å². The van der Waals surface area contributed by atoms with E-state index in [-0.39, 0.29) is 16.8 Å². The Balaban J connectivity index is 1.60. The molecule has 168 valence electrons. The Kier molecular flexibility index (Phi) is 5.22. The molecule has 4 aromatic rings. The highest BCUT2D eigenvalue weighted by Crippen LogP contribution is 2.29. The summed E-state index contributed by atoms with van der Waals surface area (Å²) in [6, 6.07) is 14.8. The third-order valence-corrected chi connectivity index (χ3v) is 7.01. The van der Waals surface area contributed by atoms with Crippen LogP contribution >= 0.6 is 0 Å². The first-order valence-corrected chi connectivity index (χ1v) is 12.5. The second-order valence-corrected chi connectivity index (χ2v) is 10.3. The van der Waals surface area contributed by atoms with Crippen LogP contribution in [0.25, 0.3) is 28.0 Å². The number of fused-ring (bicyclic) bond motifs is 1. The van der Waals surface area contributed by atoms with Gasteiger partial charge in [-0.3, -0.25) is 9.36 Å². The van der Waals surface area contributed by atoms with Gasteiger partial charge in [0.1, 0.15) is 0 Å². The largest absolute Gasteiger partial charge is 0.337 e. The zero-order valence-electron chi connectivity index (χ0n) is 18.0. The highest BCUT2D eigenvalue weighted by Gasteiger charge is 2.26. The molecule has 1 atom stereocenters. The monoisotopic (exact) mass is 461 g/mol. The van der Waals surface area contributed by atoms with E-state index in [9.17, 15) is 13.2 Å². The summed E-state index contributed by atoms with van der Waals surface area (Å²) in [4.78, 5) is 23.8. The third kappa shape index (κ3) is 4.01. The van der Waals surface area contributed by atoms with Gasteiger partial charge in [-0.2, -0.15) is 0 Å². The van der Waals surface area contributed by atoms with E-state index in [2.05, 4.69) is 9.97 Å². The number of aromatic nitrogens is 3. The second-order valence-electron chi connectivity index (χ2n) is 8.31. The highest BCUT2D eigenvalue weighted by atomic mass is 32.2. The van der Waals surface area contributed by atoms with Crippen LogP contribution in [0.1, 0.15) is 16.8 Å². The number of nitrogens with two attached hydrogens (primary N) is 1. The highest BCUT2D eigenvalue weighted by molar-refractivity contribution is 7.91. The molecule has 33 heavy (non-hydrogen) atoms. The molecule has 1 aliphatic heterocycles. The Morgan fingerprint density at radius 2 is 1.79 bits per heavy atom. The van der Waals surface area contributed by atoms with Gasteiger partial charge in [0.25, 0.3) is 5.91 Å². The number of rotatable bonds is 4. The van der Waals surface area contributed by atoms with Crippen LogP contribution < -0.4 is 5.73 Å². The van der Waals surface area contributed by atoms with Crippen LogP contribution in [-0.2, 0) is 9.84 Å². The summed E-state index contributed by atoms with van der Waals surface area (Å²) in [5.41, 5.74) is 8.81. The molecular weight excluding hydrogens is 438 g/mol. The number of hydrogen-bond acceptors (Lipinski definition) is 6. The van der Waals surface area contributed by atoms with Gasteiger partial charge in [0.2, 0.25) is 5.95 Å². The number of carbonyl (C=O) groups is 1. The number of nitrogens with zero attached hydrogens (tertiary/aromatic N) is 4. The van der Waals surface area contributed by atoms with Crippen molar-refractivity contribution >= 4 is 26.6 Å². The van der Waals surface area contributed by atoms with Gasteiger partial charge in [-0.25, -0.2) is 18.4 Å². The summed E-state index contributed by atoms with van der Waals surface area (Å²) in [7, 11) is -3.51. The minimum absolute atomic E-state index is 0.0186. The number of amides is 1. The minimum atomic E-state index is -3.51. The van der Waals surface area contributed by atoms with Crippen molar-refractivity contribution in [2.24, 2.45) is 5.73 Å². The molecule has 0 saturated carbocycles. The van der Waals surface area contributed by atoms with E-state index in [1.165, 1.54) is 6.20 Å². The Labute approximate surface area is 191 Å².